The molecule has 2 aliphatic rings. The number of fused-ring (bicyclic) bond motifs is 2. The smallest absolute Gasteiger partial charge is 0.170 e. The number of hydrogen-bond donors (Lipinski definition) is 3. The van der Waals surface area contributed by atoms with Gasteiger partial charge in [-0.3, -0.25) is 9.79 Å². The van der Waals surface area contributed by atoms with Crippen LogP contribution >= 0.6 is 0 Å². The molecule has 2 bridgehead atoms. The van der Waals surface area contributed by atoms with Crippen molar-refractivity contribution in [1.29, 1.82) is 0 Å². The molecule has 6 heteroatoms. The van der Waals surface area contributed by atoms with Crippen LogP contribution in [0.15, 0.2) is 17.1 Å². The lowest BCUT2D eigenvalue weighted by atomic mass is 9.86. The highest BCUT2D eigenvalue weighted by Crippen LogP contribution is 2.45. The number of allylic oxidation sites excluding steroid dienone is 1. The second kappa shape index (κ2) is 5.16. The standard InChI is InChI=1S/C12H19FN4O/c1-6(18)10-7-2-3-8(4-7)11(10)16-12(17-15)9(13)5-14/h2-3,7-11H,4-5,14-15H2,1H3,(H,16,17). The first-order valence-electron chi connectivity index (χ1n) is 6.15. The third-order valence-corrected chi connectivity index (χ3v) is 3.83. The van der Waals surface area contributed by atoms with E-state index in [1.54, 1.807) is 6.92 Å². The summed E-state index contributed by atoms with van der Waals surface area (Å²) in [6, 6.07) is -0.214. The minimum Gasteiger partial charge on any atom is -0.327 e. The molecule has 0 aliphatic heterocycles. The molecule has 0 aromatic heterocycles. The molecule has 0 spiro atoms. The van der Waals surface area contributed by atoms with Crippen molar-refractivity contribution in [2.75, 3.05) is 6.54 Å². The van der Waals surface area contributed by atoms with Crippen LogP contribution in [-0.4, -0.2) is 30.4 Å². The van der Waals surface area contributed by atoms with Gasteiger partial charge in [-0.1, -0.05) is 12.2 Å². The van der Waals surface area contributed by atoms with Gasteiger partial charge < -0.3 is 11.2 Å². The highest BCUT2D eigenvalue weighted by molar-refractivity contribution is 5.87. The Bertz CT molecular complexity index is 396. The number of carbonyl (C=O) groups is 1. The van der Waals surface area contributed by atoms with Gasteiger partial charge in [0.15, 0.2) is 6.17 Å². The summed E-state index contributed by atoms with van der Waals surface area (Å²) >= 11 is 0. The Morgan fingerprint density at radius 1 is 1.56 bits per heavy atom. The van der Waals surface area contributed by atoms with E-state index in [2.05, 4.69) is 22.6 Å². The maximum absolute atomic E-state index is 13.5. The molecule has 0 aromatic rings. The van der Waals surface area contributed by atoms with E-state index in [0.717, 1.165) is 6.42 Å². The van der Waals surface area contributed by atoms with E-state index in [4.69, 9.17) is 11.6 Å². The highest BCUT2D eigenvalue weighted by atomic mass is 19.1. The molecule has 1 saturated carbocycles. The summed E-state index contributed by atoms with van der Waals surface area (Å²) in [5, 5.41) is 0. The number of ketones is 1. The van der Waals surface area contributed by atoms with Gasteiger partial charge in [0.1, 0.15) is 11.6 Å². The number of alkyl halides is 1. The van der Waals surface area contributed by atoms with Gasteiger partial charge in [0, 0.05) is 18.4 Å². The Balaban J connectivity index is 2.23. The number of aliphatic imine (C=N–C) groups is 1. The fraction of sp³-hybridized carbons (Fsp3) is 0.667. The van der Waals surface area contributed by atoms with Crippen molar-refractivity contribution in [3.8, 4) is 0 Å². The van der Waals surface area contributed by atoms with Crippen molar-refractivity contribution in [2.45, 2.75) is 25.6 Å². The van der Waals surface area contributed by atoms with Crippen LogP contribution in [-0.2, 0) is 4.79 Å². The number of hydrogen-bond acceptors (Lipinski definition) is 4. The average Bonchev–Trinajstić information content (AvgIpc) is 2.94. The summed E-state index contributed by atoms with van der Waals surface area (Å²) in [5.74, 6) is 5.68. The Kier molecular flexibility index (Phi) is 3.77. The zero-order valence-corrected chi connectivity index (χ0v) is 10.3. The first kappa shape index (κ1) is 13.2. The molecule has 0 radical (unpaired) electrons. The molecule has 0 aromatic carbocycles. The second-order valence-corrected chi connectivity index (χ2v) is 4.94. The molecular formula is C12H19FN4O. The fourth-order valence-electron chi connectivity index (χ4n) is 2.99. The van der Waals surface area contributed by atoms with E-state index in [0.29, 0.717) is 0 Å². The van der Waals surface area contributed by atoms with Crippen molar-refractivity contribution in [1.82, 2.24) is 5.43 Å². The first-order chi connectivity index (χ1) is 8.58. The topological polar surface area (TPSA) is 93.5 Å². The predicted octanol–water partition coefficient (Wildman–Crippen LogP) is -0.0753. The molecule has 5 nitrogen and oxygen atoms in total. The molecule has 1 fully saturated rings. The maximum Gasteiger partial charge on any atom is 0.170 e. The van der Waals surface area contributed by atoms with Gasteiger partial charge in [0.2, 0.25) is 0 Å². The number of nitrogens with two attached hydrogens (primary N) is 2. The van der Waals surface area contributed by atoms with Crippen molar-refractivity contribution in [3.05, 3.63) is 12.2 Å². The summed E-state index contributed by atoms with van der Waals surface area (Å²) in [4.78, 5) is 16.0. The van der Waals surface area contributed by atoms with Gasteiger partial charge >= 0.3 is 0 Å². The van der Waals surface area contributed by atoms with Crippen LogP contribution in [0.5, 0.6) is 0 Å². The van der Waals surface area contributed by atoms with Crippen molar-refractivity contribution in [2.24, 2.45) is 34.3 Å². The number of carbonyl (C=O) groups excluding carboxylic acids is 1. The molecular weight excluding hydrogens is 235 g/mol. The summed E-state index contributed by atoms with van der Waals surface area (Å²) in [6.07, 6.45) is 3.62. The molecule has 5 N–H and O–H groups in total. The summed E-state index contributed by atoms with van der Waals surface area (Å²) in [6.45, 7) is 1.39. The molecule has 0 amide bonds. The van der Waals surface area contributed by atoms with Crippen LogP contribution in [0, 0.1) is 17.8 Å². The highest BCUT2D eigenvalue weighted by Gasteiger charge is 2.47. The summed E-state index contributed by atoms with van der Waals surface area (Å²) in [5.41, 5.74) is 7.52. The van der Waals surface area contributed by atoms with Gasteiger partial charge in [-0.25, -0.2) is 10.2 Å². The molecule has 2 rings (SSSR count). The molecule has 100 valence electrons. The third-order valence-electron chi connectivity index (χ3n) is 3.83. The van der Waals surface area contributed by atoms with Crippen LogP contribution in [0.1, 0.15) is 13.3 Å². The van der Waals surface area contributed by atoms with Crippen LogP contribution in [0.3, 0.4) is 0 Å². The molecule has 5 unspecified atom stereocenters. The normalized spacial score (nSPS) is 35.9. The van der Waals surface area contributed by atoms with Crippen LogP contribution in [0.25, 0.3) is 0 Å². The summed E-state index contributed by atoms with van der Waals surface area (Å²) in [7, 11) is 0. The van der Waals surface area contributed by atoms with E-state index in [-0.39, 0.29) is 42.0 Å². The van der Waals surface area contributed by atoms with Crippen LogP contribution < -0.4 is 17.0 Å². The molecule has 5 atom stereocenters. The number of halogens is 1. The van der Waals surface area contributed by atoms with Crippen molar-refractivity contribution < 1.29 is 9.18 Å². The summed E-state index contributed by atoms with van der Waals surface area (Å²) < 4.78 is 13.5. The van der Waals surface area contributed by atoms with E-state index < -0.39 is 6.17 Å². The Labute approximate surface area is 105 Å². The Hall–Kier alpha value is -1.27. The van der Waals surface area contributed by atoms with Crippen molar-refractivity contribution in [3.63, 3.8) is 0 Å². The van der Waals surface area contributed by atoms with Crippen molar-refractivity contribution >= 4 is 11.6 Å². The van der Waals surface area contributed by atoms with Gasteiger partial charge in [-0.05, 0) is 19.3 Å². The number of Topliss-reactive ketones (excluding diaryl/α,β-unsaturated/α-hetero) is 1. The lowest BCUT2D eigenvalue weighted by molar-refractivity contribution is -0.121. The molecule has 0 heterocycles. The van der Waals surface area contributed by atoms with Gasteiger partial charge in [-0.15, -0.1) is 0 Å². The lowest BCUT2D eigenvalue weighted by Crippen LogP contribution is -2.43. The quantitative estimate of drug-likeness (QED) is 0.215. The van der Waals surface area contributed by atoms with E-state index in [9.17, 15) is 9.18 Å². The number of amidine groups is 1. The molecule has 2 aliphatic carbocycles. The van der Waals surface area contributed by atoms with Crippen LogP contribution in [0.4, 0.5) is 4.39 Å². The number of hydrazine groups is 1. The minimum atomic E-state index is -1.41. The van der Waals surface area contributed by atoms with E-state index >= 15 is 0 Å². The number of nitrogens with zero attached hydrogens (tertiary/aromatic N) is 1. The van der Waals surface area contributed by atoms with Gasteiger partial charge in [0.05, 0.1) is 6.04 Å². The third kappa shape index (κ3) is 2.18. The average molecular weight is 254 g/mol. The first-order valence-corrected chi connectivity index (χ1v) is 6.15. The maximum atomic E-state index is 13.5. The van der Waals surface area contributed by atoms with Crippen LogP contribution in [0.2, 0.25) is 0 Å². The lowest BCUT2D eigenvalue weighted by Gasteiger charge is -2.24. The van der Waals surface area contributed by atoms with Gasteiger partial charge in [-0.2, -0.15) is 0 Å². The monoisotopic (exact) mass is 254 g/mol. The zero-order chi connectivity index (χ0) is 13.3. The Morgan fingerprint density at radius 3 is 2.78 bits per heavy atom. The SMILES string of the molecule is CC(=O)C1C2C=CC(C2)C1N=C(NN)C(F)CN. The van der Waals surface area contributed by atoms with Gasteiger partial charge in [0.25, 0.3) is 0 Å². The molecule has 0 saturated heterocycles. The minimum absolute atomic E-state index is 0.0368. The predicted molar refractivity (Wildman–Crippen MR) is 67.4 cm³/mol. The zero-order valence-electron chi connectivity index (χ0n) is 10.3. The number of nitrogens with one attached hydrogen (secondary N) is 1. The molecule has 18 heavy (non-hydrogen) atoms. The second-order valence-electron chi connectivity index (χ2n) is 4.94. The Morgan fingerprint density at radius 2 is 2.22 bits per heavy atom. The van der Waals surface area contributed by atoms with E-state index in [1.807, 2.05) is 0 Å². The fourth-order valence-corrected chi connectivity index (χ4v) is 2.99. The largest absolute Gasteiger partial charge is 0.327 e. The number of rotatable bonds is 4. The van der Waals surface area contributed by atoms with E-state index in [1.165, 1.54) is 0 Å².